The van der Waals surface area contributed by atoms with E-state index in [0.717, 1.165) is 12.1 Å². The highest BCUT2D eigenvalue weighted by molar-refractivity contribution is 5.79. The van der Waals surface area contributed by atoms with Crippen molar-refractivity contribution in [1.82, 2.24) is 10.6 Å². The van der Waals surface area contributed by atoms with Crippen molar-refractivity contribution in [2.24, 2.45) is 10.9 Å². The van der Waals surface area contributed by atoms with Crippen molar-refractivity contribution in [1.29, 1.82) is 0 Å². The van der Waals surface area contributed by atoms with Gasteiger partial charge in [0.2, 0.25) is 0 Å². The zero-order valence-corrected chi connectivity index (χ0v) is 13.3. The van der Waals surface area contributed by atoms with Gasteiger partial charge in [-0.3, -0.25) is 4.99 Å². The van der Waals surface area contributed by atoms with Crippen molar-refractivity contribution >= 4 is 5.96 Å². The average molecular weight is 315 g/mol. The molecule has 1 rings (SSSR count). The minimum atomic E-state index is -2.89. The predicted octanol–water partition coefficient (Wildman–Crippen LogP) is 2.62. The lowest BCUT2D eigenvalue weighted by molar-refractivity contribution is -0.0512. The van der Waals surface area contributed by atoms with Crippen LogP contribution in [0.2, 0.25) is 0 Å². The van der Waals surface area contributed by atoms with Crippen LogP contribution in [0, 0.1) is 5.92 Å². The monoisotopic (exact) mass is 315 g/mol. The third-order valence-electron chi connectivity index (χ3n) is 2.81. The zero-order chi connectivity index (χ0) is 16.5. The normalized spacial score (nSPS) is 11.7. The first-order valence-corrected chi connectivity index (χ1v) is 7.02. The highest BCUT2D eigenvalue weighted by Gasteiger charge is 2.11. The summed E-state index contributed by atoms with van der Waals surface area (Å²) in [5.41, 5.74) is 0.781. The Balaban J connectivity index is 2.68. The molecule has 0 fully saturated rings. The molecule has 0 atom stereocenters. The third kappa shape index (κ3) is 6.15. The van der Waals surface area contributed by atoms with Crippen molar-refractivity contribution in [3.8, 4) is 11.5 Å². The second-order valence-electron chi connectivity index (χ2n) is 5.06. The fourth-order valence-electron chi connectivity index (χ4n) is 1.73. The van der Waals surface area contributed by atoms with E-state index in [1.165, 1.54) is 13.2 Å². The molecular weight excluding hydrogens is 292 g/mol. The van der Waals surface area contributed by atoms with Crippen LogP contribution in [0.1, 0.15) is 19.4 Å². The number of rotatable bonds is 7. The summed E-state index contributed by atoms with van der Waals surface area (Å²) in [5.74, 6) is 1.43. The van der Waals surface area contributed by atoms with E-state index in [1.54, 1.807) is 19.2 Å². The second-order valence-corrected chi connectivity index (χ2v) is 5.06. The van der Waals surface area contributed by atoms with Crippen LogP contribution in [0.5, 0.6) is 11.5 Å². The molecule has 0 radical (unpaired) electrons. The van der Waals surface area contributed by atoms with E-state index in [1.807, 2.05) is 0 Å². The molecule has 1 aromatic rings. The number of alkyl halides is 2. The molecule has 2 N–H and O–H groups in total. The van der Waals surface area contributed by atoms with E-state index in [9.17, 15) is 8.78 Å². The topological polar surface area (TPSA) is 54.9 Å². The average Bonchev–Trinajstić information content (AvgIpc) is 2.46. The molecule has 0 saturated carbocycles. The lowest BCUT2D eigenvalue weighted by Crippen LogP contribution is -2.38. The Morgan fingerprint density at radius 3 is 2.50 bits per heavy atom. The van der Waals surface area contributed by atoms with Crippen LogP contribution < -0.4 is 20.1 Å². The molecular formula is C15H23F2N3O2. The first-order valence-electron chi connectivity index (χ1n) is 7.02. The Morgan fingerprint density at radius 2 is 1.95 bits per heavy atom. The molecule has 5 nitrogen and oxygen atoms in total. The first kappa shape index (κ1) is 18.0. The molecule has 0 amide bonds. The number of guanidine groups is 1. The maximum Gasteiger partial charge on any atom is 0.387 e. The fourth-order valence-corrected chi connectivity index (χ4v) is 1.73. The van der Waals surface area contributed by atoms with Gasteiger partial charge in [-0.15, -0.1) is 0 Å². The Labute approximate surface area is 129 Å². The quantitative estimate of drug-likeness (QED) is 0.600. The van der Waals surface area contributed by atoms with E-state index < -0.39 is 6.61 Å². The van der Waals surface area contributed by atoms with Crippen molar-refractivity contribution < 1.29 is 18.3 Å². The maximum absolute atomic E-state index is 12.4. The van der Waals surface area contributed by atoms with Crippen LogP contribution in [-0.2, 0) is 6.54 Å². The smallest absolute Gasteiger partial charge is 0.387 e. The predicted molar refractivity (Wildman–Crippen MR) is 82.7 cm³/mol. The largest absolute Gasteiger partial charge is 0.493 e. The Bertz CT molecular complexity index is 494. The molecule has 0 aliphatic rings. The van der Waals surface area contributed by atoms with Crippen LogP contribution in [-0.4, -0.2) is 33.3 Å². The van der Waals surface area contributed by atoms with Crippen LogP contribution in [0.15, 0.2) is 23.2 Å². The van der Waals surface area contributed by atoms with Gasteiger partial charge in [-0.25, -0.2) is 0 Å². The maximum atomic E-state index is 12.4. The number of hydrogen-bond donors (Lipinski definition) is 2. The molecule has 0 saturated heterocycles. The molecule has 0 heterocycles. The summed E-state index contributed by atoms with van der Waals surface area (Å²) in [6.45, 7) is 2.52. The fraction of sp³-hybridized carbons (Fsp3) is 0.533. The van der Waals surface area contributed by atoms with Gasteiger partial charge in [0.15, 0.2) is 17.5 Å². The van der Waals surface area contributed by atoms with Crippen molar-refractivity contribution in [3.05, 3.63) is 23.8 Å². The lowest BCUT2D eigenvalue weighted by Gasteiger charge is -2.15. The van der Waals surface area contributed by atoms with Gasteiger partial charge in [0.25, 0.3) is 0 Å². The van der Waals surface area contributed by atoms with Gasteiger partial charge in [-0.2, -0.15) is 8.78 Å². The molecule has 22 heavy (non-hydrogen) atoms. The molecule has 1 aromatic carbocycles. The van der Waals surface area contributed by atoms with E-state index in [-0.39, 0.29) is 11.5 Å². The van der Waals surface area contributed by atoms with Crippen LogP contribution in [0.4, 0.5) is 8.78 Å². The molecule has 7 heteroatoms. The Hall–Kier alpha value is -2.05. The summed E-state index contributed by atoms with van der Waals surface area (Å²) in [5, 5.41) is 6.29. The third-order valence-corrected chi connectivity index (χ3v) is 2.81. The Kier molecular flexibility index (Phi) is 7.42. The van der Waals surface area contributed by atoms with Gasteiger partial charge in [-0.1, -0.05) is 19.9 Å². The van der Waals surface area contributed by atoms with Crippen LogP contribution in [0.3, 0.4) is 0 Å². The van der Waals surface area contributed by atoms with Crippen molar-refractivity contribution in [3.63, 3.8) is 0 Å². The summed E-state index contributed by atoms with van der Waals surface area (Å²) in [6, 6.07) is 4.90. The van der Waals surface area contributed by atoms with Gasteiger partial charge in [0.1, 0.15) is 0 Å². The van der Waals surface area contributed by atoms with Crippen molar-refractivity contribution in [2.45, 2.75) is 27.0 Å². The number of aliphatic imine (C=N–C) groups is 1. The van der Waals surface area contributed by atoms with Crippen molar-refractivity contribution in [2.75, 3.05) is 20.7 Å². The van der Waals surface area contributed by atoms with E-state index in [4.69, 9.17) is 4.74 Å². The van der Waals surface area contributed by atoms with Gasteiger partial charge in [-0.05, 0) is 23.6 Å². The number of nitrogens with one attached hydrogen (secondary N) is 2. The first-order chi connectivity index (χ1) is 10.5. The molecule has 0 aliphatic heterocycles. The molecule has 124 valence electrons. The minimum absolute atomic E-state index is 0.0157. The van der Waals surface area contributed by atoms with Gasteiger partial charge >= 0.3 is 6.61 Å². The highest BCUT2D eigenvalue weighted by atomic mass is 19.3. The van der Waals surface area contributed by atoms with Gasteiger partial charge in [0, 0.05) is 20.1 Å². The number of methoxy groups -OCH3 is 1. The van der Waals surface area contributed by atoms with Gasteiger partial charge in [0.05, 0.1) is 7.11 Å². The molecule has 0 bridgehead atoms. The zero-order valence-electron chi connectivity index (χ0n) is 13.3. The molecule has 0 spiro atoms. The number of hydrogen-bond acceptors (Lipinski definition) is 3. The summed E-state index contributed by atoms with van der Waals surface area (Å²) >= 11 is 0. The van der Waals surface area contributed by atoms with Crippen LogP contribution in [0.25, 0.3) is 0 Å². The Morgan fingerprint density at radius 1 is 1.23 bits per heavy atom. The number of nitrogens with zero attached hydrogens (tertiary/aromatic N) is 1. The lowest BCUT2D eigenvalue weighted by atomic mass is 10.2. The van der Waals surface area contributed by atoms with Crippen LogP contribution >= 0.6 is 0 Å². The number of benzene rings is 1. The second kappa shape index (κ2) is 9.07. The van der Waals surface area contributed by atoms with E-state index >= 15 is 0 Å². The van der Waals surface area contributed by atoms with Gasteiger partial charge < -0.3 is 20.1 Å². The summed E-state index contributed by atoms with van der Waals surface area (Å²) in [6.07, 6.45) is 0. The highest BCUT2D eigenvalue weighted by Crippen LogP contribution is 2.29. The SMILES string of the molecule is CN=C(NCc1ccc(OC)c(OC(F)F)c1)NCC(C)C. The molecule has 0 aliphatic carbocycles. The van der Waals surface area contributed by atoms with E-state index in [2.05, 4.69) is 34.2 Å². The number of halogens is 2. The minimum Gasteiger partial charge on any atom is -0.493 e. The summed E-state index contributed by atoms with van der Waals surface area (Å²) < 4.78 is 34.2. The van der Waals surface area contributed by atoms with E-state index in [0.29, 0.717) is 18.4 Å². The molecule has 0 aromatic heterocycles. The number of ether oxygens (including phenoxy) is 2. The standard InChI is InChI=1S/C15H23F2N3O2/c1-10(2)8-19-15(18-3)20-9-11-5-6-12(21-4)13(7-11)22-14(16)17/h5-7,10,14H,8-9H2,1-4H3,(H2,18,19,20). The summed E-state index contributed by atoms with van der Waals surface area (Å²) in [4.78, 5) is 4.10. The molecule has 0 unspecified atom stereocenters. The summed E-state index contributed by atoms with van der Waals surface area (Å²) in [7, 11) is 3.08.